The fourth-order valence-corrected chi connectivity index (χ4v) is 2.48. The number of likely N-dealkylation sites (N-methyl/N-ethyl adjacent to an activating group) is 2. The van der Waals surface area contributed by atoms with Crippen LogP contribution in [0.2, 0.25) is 0 Å². The molecule has 0 saturated carbocycles. The summed E-state index contributed by atoms with van der Waals surface area (Å²) in [5, 5.41) is 8.73. The Morgan fingerprint density at radius 3 is 2.57 bits per heavy atom. The monoisotopic (exact) mass is 356 g/mol. The lowest BCUT2D eigenvalue weighted by Crippen LogP contribution is -2.36. The fraction of sp³-hybridized carbons (Fsp3) is 0.562. The lowest BCUT2D eigenvalue weighted by Gasteiger charge is -2.22. The number of aliphatic hydroxyl groups is 1. The molecule has 0 bridgehead atoms. The molecule has 0 aliphatic rings. The highest BCUT2D eigenvalue weighted by Gasteiger charge is 2.12. The number of carbonyl (C=O) groups is 1. The van der Waals surface area contributed by atoms with E-state index in [1.165, 1.54) is 0 Å². The van der Waals surface area contributed by atoms with Gasteiger partial charge in [0, 0.05) is 24.7 Å². The van der Waals surface area contributed by atoms with Gasteiger partial charge in [0.25, 0.3) is 0 Å². The van der Waals surface area contributed by atoms with E-state index < -0.39 is 0 Å². The molecule has 0 aliphatic carbocycles. The Bertz CT molecular complexity index is 440. The van der Waals surface area contributed by atoms with Crippen molar-refractivity contribution in [3.63, 3.8) is 0 Å². The van der Waals surface area contributed by atoms with E-state index in [9.17, 15) is 4.79 Å². The van der Waals surface area contributed by atoms with E-state index >= 15 is 0 Å². The van der Waals surface area contributed by atoms with Crippen molar-refractivity contribution in [2.24, 2.45) is 0 Å². The van der Waals surface area contributed by atoms with Crippen LogP contribution in [0, 0.1) is 0 Å². The Morgan fingerprint density at radius 2 is 1.90 bits per heavy atom. The zero-order valence-corrected chi connectivity index (χ0v) is 14.5. The Morgan fingerprint density at radius 1 is 1.19 bits per heavy atom. The van der Waals surface area contributed by atoms with E-state index in [-0.39, 0.29) is 12.5 Å². The molecule has 0 atom stereocenters. The van der Waals surface area contributed by atoms with E-state index in [2.05, 4.69) is 15.9 Å². The van der Waals surface area contributed by atoms with Crippen LogP contribution in [-0.2, 0) is 11.3 Å². The van der Waals surface area contributed by atoms with Crippen molar-refractivity contribution in [2.75, 3.05) is 33.8 Å². The Hall–Kier alpha value is -0.910. The third-order valence-electron chi connectivity index (χ3n) is 3.39. The maximum Gasteiger partial charge on any atom is 0.236 e. The van der Waals surface area contributed by atoms with Gasteiger partial charge in [-0.25, -0.2) is 0 Å². The average Bonchev–Trinajstić information content (AvgIpc) is 2.46. The minimum atomic E-state index is 0.121. The summed E-state index contributed by atoms with van der Waals surface area (Å²) in [6, 6.07) is 7.95. The molecular weight excluding hydrogens is 332 g/mol. The van der Waals surface area contributed by atoms with Gasteiger partial charge in [0.2, 0.25) is 5.91 Å². The van der Waals surface area contributed by atoms with Gasteiger partial charge in [0.1, 0.15) is 0 Å². The SMILES string of the molecule is CN(CCCCCO)CC(=O)N(C)Cc1ccccc1Br. The molecule has 1 aromatic carbocycles. The van der Waals surface area contributed by atoms with Crippen LogP contribution in [0.3, 0.4) is 0 Å². The molecule has 118 valence electrons. The first kappa shape index (κ1) is 18.1. The van der Waals surface area contributed by atoms with Gasteiger partial charge in [0.15, 0.2) is 0 Å². The molecule has 0 aliphatic heterocycles. The van der Waals surface area contributed by atoms with Crippen molar-refractivity contribution >= 4 is 21.8 Å². The number of amides is 1. The predicted octanol–water partition coefficient (Wildman–Crippen LogP) is 2.50. The molecule has 0 aromatic heterocycles. The van der Waals surface area contributed by atoms with Crippen LogP contribution in [0.4, 0.5) is 0 Å². The zero-order valence-electron chi connectivity index (χ0n) is 12.9. The number of rotatable bonds is 9. The summed E-state index contributed by atoms with van der Waals surface area (Å²) in [5.41, 5.74) is 1.11. The van der Waals surface area contributed by atoms with Crippen LogP contribution in [-0.4, -0.2) is 54.6 Å². The Balaban J connectivity index is 2.35. The predicted molar refractivity (Wildman–Crippen MR) is 89.0 cm³/mol. The van der Waals surface area contributed by atoms with Gasteiger partial charge in [0.05, 0.1) is 6.54 Å². The molecule has 1 amide bonds. The number of aliphatic hydroxyl groups excluding tert-OH is 1. The topological polar surface area (TPSA) is 43.8 Å². The standard InChI is InChI=1S/C16H25BrN2O2/c1-18(10-6-3-7-11-20)13-16(21)19(2)12-14-8-4-5-9-15(14)17/h4-5,8-9,20H,3,6-7,10-13H2,1-2H3. The van der Waals surface area contributed by atoms with Crippen molar-refractivity contribution in [1.82, 2.24) is 9.80 Å². The summed E-state index contributed by atoms with van der Waals surface area (Å²) in [5.74, 6) is 0.121. The smallest absolute Gasteiger partial charge is 0.236 e. The van der Waals surface area contributed by atoms with E-state index in [1.54, 1.807) is 4.90 Å². The highest BCUT2D eigenvalue weighted by molar-refractivity contribution is 9.10. The van der Waals surface area contributed by atoms with Gasteiger partial charge in [-0.2, -0.15) is 0 Å². The molecule has 4 nitrogen and oxygen atoms in total. The van der Waals surface area contributed by atoms with Crippen molar-refractivity contribution in [2.45, 2.75) is 25.8 Å². The molecular formula is C16H25BrN2O2. The number of nitrogens with zero attached hydrogens (tertiary/aromatic N) is 2. The second kappa shape index (κ2) is 9.92. The number of unbranched alkanes of at least 4 members (excludes halogenated alkanes) is 2. The molecule has 0 radical (unpaired) electrons. The zero-order chi connectivity index (χ0) is 15.7. The first-order valence-electron chi connectivity index (χ1n) is 7.31. The molecule has 0 heterocycles. The third-order valence-corrected chi connectivity index (χ3v) is 4.17. The highest BCUT2D eigenvalue weighted by Crippen LogP contribution is 2.17. The van der Waals surface area contributed by atoms with E-state index in [0.717, 1.165) is 35.8 Å². The third kappa shape index (κ3) is 7.07. The molecule has 1 rings (SSSR count). The van der Waals surface area contributed by atoms with Crippen LogP contribution in [0.15, 0.2) is 28.7 Å². The van der Waals surface area contributed by atoms with E-state index in [0.29, 0.717) is 13.1 Å². The number of hydrogen-bond donors (Lipinski definition) is 1. The minimum Gasteiger partial charge on any atom is -0.396 e. The molecule has 5 heteroatoms. The Kier molecular flexibility index (Phi) is 8.57. The molecule has 1 aromatic rings. The lowest BCUT2D eigenvalue weighted by molar-refractivity contribution is -0.131. The molecule has 0 fully saturated rings. The van der Waals surface area contributed by atoms with Gasteiger partial charge < -0.3 is 10.0 Å². The summed E-state index contributed by atoms with van der Waals surface area (Å²) < 4.78 is 1.03. The fourth-order valence-electron chi connectivity index (χ4n) is 2.07. The van der Waals surface area contributed by atoms with Gasteiger partial charge in [-0.15, -0.1) is 0 Å². The van der Waals surface area contributed by atoms with Crippen LogP contribution in [0.5, 0.6) is 0 Å². The normalized spacial score (nSPS) is 10.9. The number of carbonyl (C=O) groups excluding carboxylic acids is 1. The second-order valence-electron chi connectivity index (χ2n) is 5.36. The quantitative estimate of drug-likeness (QED) is 0.691. The summed E-state index contributed by atoms with van der Waals surface area (Å²) >= 11 is 3.50. The number of benzene rings is 1. The largest absolute Gasteiger partial charge is 0.396 e. The highest BCUT2D eigenvalue weighted by atomic mass is 79.9. The van der Waals surface area contributed by atoms with Crippen molar-refractivity contribution in [3.8, 4) is 0 Å². The Labute approximate surface area is 135 Å². The van der Waals surface area contributed by atoms with Crippen molar-refractivity contribution in [3.05, 3.63) is 34.3 Å². The second-order valence-corrected chi connectivity index (χ2v) is 6.22. The summed E-state index contributed by atoms with van der Waals surface area (Å²) in [6.07, 6.45) is 2.85. The summed E-state index contributed by atoms with van der Waals surface area (Å²) in [6.45, 7) is 2.17. The number of hydrogen-bond acceptors (Lipinski definition) is 3. The molecule has 0 spiro atoms. The molecule has 0 unspecified atom stereocenters. The van der Waals surface area contributed by atoms with E-state index in [4.69, 9.17) is 5.11 Å². The van der Waals surface area contributed by atoms with Crippen LogP contribution < -0.4 is 0 Å². The molecule has 21 heavy (non-hydrogen) atoms. The number of halogens is 1. The van der Waals surface area contributed by atoms with Crippen LogP contribution in [0.1, 0.15) is 24.8 Å². The van der Waals surface area contributed by atoms with Crippen molar-refractivity contribution in [1.29, 1.82) is 0 Å². The van der Waals surface area contributed by atoms with Crippen LogP contribution >= 0.6 is 15.9 Å². The maximum atomic E-state index is 12.2. The summed E-state index contributed by atoms with van der Waals surface area (Å²) in [4.78, 5) is 16.0. The minimum absolute atomic E-state index is 0.121. The molecule has 0 saturated heterocycles. The van der Waals surface area contributed by atoms with Gasteiger partial charge in [-0.1, -0.05) is 34.1 Å². The van der Waals surface area contributed by atoms with E-state index in [1.807, 2.05) is 43.3 Å². The summed E-state index contributed by atoms with van der Waals surface area (Å²) in [7, 11) is 3.80. The first-order valence-corrected chi connectivity index (χ1v) is 8.10. The average molecular weight is 357 g/mol. The van der Waals surface area contributed by atoms with Gasteiger partial charge >= 0.3 is 0 Å². The molecule has 1 N–H and O–H groups in total. The maximum absolute atomic E-state index is 12.2. The lowest BCUT2D eigenvalue weighted by atomic mass is 10.2. The van der Waals surface area contributed by atoms with Gasteiger partial charge in [-0.3, -0.25) is 9.69 Å². The first-order chi connectivity index (χ1) is 10.0. The van der Waals surface area contributed by atoms with Crippen molar-refractivity contribution < 1.29 is 9.90 Å². The van der Waals surface area contributed by atoms with Gasteiger partial charge in [-0.05, 0) is 44.5 Å². The van der Waals surface area contributed by atoms with Crippen LogP contribution in [0.25, 0.3) is 0 Å².